The average molecular weight is 368 g/mol. The number of benzene rings is 1. The third-order valence-electron chi connectivity index (χ3n) is 4.81. The number of halogens is 1. The van der Waals surface area contributed by atoms with Gasteiger partial charge in [-0.1, -0.05) is 0 Å². The van der Waals surface area contributed by atoms with Gasteiger partial charge in [-0.05, 0) is 43.5 Å². The smallest absolute Gasteiger partial charge is 0.320 e. The zero-order chi connectivity index (χ0) is 18.0. The fourth-order valence-corrected chi connectivity index (χ4v) is 4.81. The molecule has 0 radical (unpaired) electrons. The van der Waals surface area contributed by atoms with E-state index in [0.717, 1.165) is 0 Å². The first-order valence-corrected chi connectivity index (χ1v) is 9.60. The molecule has 3 atom stereocenters. The molecule has 136 valence electrons. The van der Waals surface area contributed by atoms with Gasteiger partial charge >= 0.3 is 12.0 Å². The summed E-state index contributed by atoms with van der Waals surface area (Å²) in [5.74, 6) is -1.75. The summed E-state index contributed by atoms with van der Waals surface area (Å²) in [5, 5.41) is 8.96. The van der Waals surface area contributed by atoms with Crippen molar-refractivity contribution in [1.82, 2.24) is 9.80 Å². The van der Waals surface area contributed by atoms with E-state index in [1.165, 1.54) is 24.3 Å². The van der Waals surface area contributed by atoms with E-state index in [-0.39, 0.29) is 23.6 Å². The number of amides is 2. The summed E-state index contributed by atoms with van der Waals surface area (Å²) in [7, 11) is -1.30. The molecule has 25 heavy (non-hydrogen) atoms. The first-order valence-electron chi connectivity index (χ1n) is 8.38. The van der Waals surface area contributed by atoms with Gasteiger partial charge in [0, 0.05) is 31.1 Å². The number of carbonyl (C=O) groups is 2. The molecule has 2 saturated heterocycles. The standard InChI is InChI=1S/C17H21FN2O4S/c18-13-3-5-14(6-4-13)25(24)15-7-9-20(11-15)17(23)19-8-1-2-12(10-19)16(21)22/h3-6,12,15H,1-2,7-11H2,(H,21,22)/t12?,15-,25?/m0/s1. The zero-order valence-corrected chi connectivity index (χ0v) is 14.6. The Morgan fingerprint density at radius 3 is 2.44 bits per heavy atom. The van der Waals surface area contributed by atoms with Crippen LogP contribution in [-0.2, 0) is 15.6 Å². The lowest BCUT2D eigenvalue weighted by Gasteiger charge is -2.33. The Morgan fingerprint density at radius 1 is 1.08 bits per heavy atom. The summed E-state index contributed by atoms with van der Waals surface area (Å²) in [6.07, 6.45) is 1.89. The molecule has 2 heterocycles. The largest absolute Gasteiger partial charge is 0.481 e. The molecule has 0 saturated carbocycles. The lowest BCUT2D eigenvalue weighted by Crippen LogP contribution is -2.48. The highest BCUT2D eigenvalue weighted by Crippen LogP contribution is 2.24. The van der Waals surface area contributed by atoms with Crippen LogP contribution in [0.3, 0.4) is 0 Å². The highest BCUT2D eigenvalue weighted by atomic mass is 32.2. The van der Waals surface area contributed by atoms with Crippen molar-refractivity contribution < 1.29 is 23.3 Å². The minimum Gasteiger partial charge on any atom is -0.481 e. The molecule has 0 spiro atoms. The predicted octanol–water partition coefficient (Wildman–Crippen LogP) is 1.92. The fraction of sp³-hybridized carbons (Fsp3) is 0.529. The average Bonchev–Trinajstić information content (AvgIpc) is 3.11. The highest BCUT2D eigenvalue weighted by Gasteiger charge is 2.35. The molecule has 1 aromatic rings. The molecular formula is C17H21FN2O4S. The van der Waals surface area contributed by atoms with Gasteiger partial charge in [0.15, 0.2) is 0 Å². The van der Waals surface area contributed by atoms with E-state index in [1.54, 1.807) is 9.80 Å². The fourth-order valence-electron chi connectivity index (χ4n) is 3.39. The number of aliphatic carboxylic acids is 1. The van der Waals surface area contributed by atoms with Gasteiger partial charge < -0.3 is 14.9 Å². The predicted molar refractivity (Wildman–Crippen MR) is 90.1 cm³/mol. The second kappa shape index (κ2) is 7.51. The van der Waals surface area contributed by atoms with Crippen LogP contribution >= 0.6 is 0 Å². The Bertz CT molecular complexity index is 682. The van der Waals surface area contributed by atoms with Crippen molar-refractivity contribution in [3.8, 4) is 0 Å². The van der Waals surface area contributed by atoms with Crippen LogP contribution in [0.15, 0.2) is 29.2 Å². The Balaban J connectivity index is 1.60. The first-order chi connectivity index (χ1) is 12.0. The van der Waals surface area contributed by atoms with E-state index < -0.39 is 22.7 Å². The SMILES string of the molecule is O=C(O)C1CCCN(C(=O)N2CC[C@H](S(=O)c3ccc(F)cc3)C2)C1. The second-order valence-corrected chi connectivity index (χ2v) is 8.25. The molecule has 2 amide bonds. The number of hydrogen-bond donors (Lipinski definition) is 1. The monoisotopic (exact) mass is 368 g/mol. The van der Waals surface area contributed by atoms with Gasteiger partial charge in [0.05, 0.1) is 22.0 Å². The van der Waals surface area contributed by atoms with Crippen LogP contribution in [-0.4, -0.2) is 62.5 Å². The number of rotatable bonds is 3. The second-order valence-electron chi connectivity index (χ2n) is 6.51. The van der Waals surface area contributed by atoms with Crippen molar-refractivity contribution in [1.29, 1.82) is 0 Å². The summed E-state index contributed by atoms with van der Waals surface area (Å²) in [5.41, 5.74) is 0. The van der Waals surface area contributed by atoms with Crippen LogP contribution in [0.1, 0.15) is 19.3 Å². The van der Waals surface area contributed by atoms with Crippen LogP contribution in [0, 0.1) is 11.7 Å². The van der Waals surface area contributed by atoms with E-state index >= 15 is 0 Å². The Kier molecular flexibility index (Phi) is 5.36. The van der Waals surface area contributed by atoms with Crippen molar-refractivity contribution in [3.05, 3.63) is 30.1 Å². The Labute approximate surface area is 148 Å². The topological polar surface area (TPSA) is 77.9 Å². The third kappa shape index (κ3) is 4.00. The quantitative estimate of drug-likeness (QED) is 0.884. The lowest BCUT2D eigenvalue weighted by molar-refractivity contribution is -0.143. The molecule has 0 aromatic heterocycles. The maximum absolute atomic E-state index is 13.0. The minimum atomic E-state index is -1.30. The van der Waals surface area contributed by atoms with Gasteiger partial charge in [-0.25, -0.2) is 9.18 Å². The number of likely N-dealkylation sites (tertiary alicyclic amines) is 2. The van der Waals surface area contributed by atoms with E-state index in [9.17, 15) is 18.2 Å². The lowest BCUT2D eigenvalue weighted by atomic mass is 9.99. The van der Waals surface area contributed by atoms with Crippen LogP contribution in [0.5, 0.6) is 0 Å². The highest BCUT2D eigenvalue weighted by molar-refractivity contribution is 7.85. The number of urea groups is 1. The van der Waals surface area contributed by atoms with Gasteiger partial charge in [0.1, 0.15) is 5.82 Å². The summed E-state index contributed by atoms with van der Waals surface area (Å²) in [6.45, 7) is 1.67. The summed E-state index contributed by atoms with van der Waals surface area (Å²) < 4.78 is 25.6. The van der Waals surface area contributed by atoms with Crippen LogP contribution in [0.2, 0.25) is 0 Å². The van der Waals surface area contributed by atoms with Gasteiger partial charge in [-0.3, -0.25) is 9.00 Å². The van der Waals surface area contributed by atoms with Crippen molar-refractivity contribution in [3.63, 3.8) is 0 Å². The Morgan fingerprint density at radius 2 is 1.76 bits per heavy atom. The van der Waals surface area contributed by atoms with Gasteiger partial charge in [0.2, 0.25) is 0 Å². The molecule has 3 rings (SSSR count). The van der Waals surface area contributed by atoms with Gasteiger partial charge in [-0.2, -0.15) is 0 Å². The van der Waals surface area contributed by atoms with E-state index in [0.29, 0.717) is 43.8 Å². The summed E-state index contributed by atoms with van der Waals surface area (Å²) in [6, 6.07) is 5.41. The molecule has 2 fully saturated rings. The van der Waals surface area contributed by atoms with E-state index in [1.807, 2.05) is 0 Å². The zero-order valence-electron chi connectivity index (χ0n) is 13.8. The summed E-state index contributed by atoms with van der Waals surface area (Å²) in [4.78, 5) is 27.6. The maximum atomic E-state index is 13.0. The van der Waals surface area contributed by atoms with Crippen LogP contribution < -0.4 is 0 Å². The molecule has 8 heteroatoms. The summed E-state index contributed by atoms with van der Waals surface area (Å²) >= 11 is 0. The Hall–Kier alpha value is -1.96. The van der Waals surface area contributed by atoms with E-state index in [4.69, 9.17) is 5.11 Å². The number of carbonyl (C=O) groups excluding carboxylic acids is 1. The van der Waals surface area contributed by atoms with Crippen LogP contribution in [0.25, 0.3) is 0 Å². The number of carboxylic acids is 1. The molecule has 6 nitrogen and oxygen atoms in total. The first kappa shape index (κ1) is 17.8. The van der Waals surface area contributed by atoms with Crippen LogP contribution in [0.4, 0.5) is 9.18 Å². The van der Waals surface area contributed by atoms with E-state index in [2.05, 4.69) is 0 Å². The molecule has 2 aliphatic rings. The normalized spacial score (nSPS) is 25.0. The molecule has 1 aromatic carbocycles. The van der Waals surface area contributed by atoms with Crippen molar-refractivity contribution >= 4 is 22.8 Å². The molecule has 2 unspecified atom stereocenters. The third-order valence-corrected chi connectivity index (χ3v) is 6.53. The molecule has 1 N–H and O–H groups in total. The van der Waals surface area contributed by atoms with Crippen molar-refractivity contribution in [2.75, 3.05) is 26.2 Å². The number of hydrogen-bond acceptors (Lipinski definition) is 3. The minimum absolute atomic E-state index is 0.176. The maximum Gasteiger partial charge on any atom is 0.320 e. The molecule has 0 bridgehead atoms. The van der Waals surface area contributed by atoms with Gasteiger partial charge in [0.25, 0.3) is 0 Å². The number of carboxylic acid groups (broad SMARTS) is 1. The number of piperidine rings is 1. The molecular weight excluding hydrogens is 347 g/mol. The number of nitrogens with zero attached hydrogens (tertiary/aromatic N) is 2. The molecule has 0 aliphatic carbocycles. The van der Waals surface area contributed by atoms with Crippen molar-refractivity contribution in [2.45, 2.75) is 29.4 Å². The van der Waals surface area contributed by atoms with Gasteiger partial charge in [-0.15, -0.1) is 0 Å². The molecule has 2 aliphatic heterocycles. The van der Waals surface area contributed by atoms with Crippen molar-refractivity contribution in [2.24, 2.45) is 5.92 Å².